The van der Waals surface area contributed by atoms with E-state index in [1.807, 2.05) is 12.1 Å². The Morgan fingerprint density at radius 3 is 2.77 bits per heavy atom. The molecule has 0 bridgehead atoms. The van der Waals surface area contributed by atoms with Gasteiger partial charge in [0.05, 0.1) is 16.8 Å². The number of carbonyl (C=O) groups is 1. The molecule has 1 N–H and O–H groups in total. The van der Waals surface area contributed by atoms with E-state index in [4.69, 9.17) is 11.6 Å². The van der Waals surface area contributed by atoms with Crippen LogP contribution in [-0.4, -0.2) is 59.5 Å². The van der Waals surface area contributed by atoms with Gasteiger partial charge in [-0.05, 0) is 31.4 Å². The summed E-state index contributed by atoms with van der Waals surface area (Å²) in [5, 5.41) is 3.71. The third kappa shape index (κ3) is 3.97. The highest BCUT2D eigenvalue weighted by molar-refractivity contribution is 6.30. The molecule has 0 aliphatic carbocycles. The molecule has 0 unspecified atom stereocenters. The minimum Gasteiger partial charge on any atom is -0.355 e. The number of hydrogen-bond donors (Lipinski definition) is 1. The lowest BCUT2D eigenvalue weighted by Crippen LogP contribution is -2.54. The Morgan fingerprint density at radius 1 is 1.23 bits per heavy atom. The molecule has 2 aliphatic rings. The normalized spacial score (nSPS) is 24.8. The van der Waals surface area contributed by atoms with E-state index in [1.165, 1.54) is 0 Å². The highest BCUT2D eigenvalue weighted by Crippen LogP contribution is 2.16. The first-order valence-corrected chi connectivity index (χ1v) is 8.45. The summed E-state index contributed by atoms with van der Waals surface area (Å²) in [4.78, 5) is 21.2. The van der Waals surface area contributed by atoms with Crippen molar-refractivity contribution in [3.8, 4) is 0 Å². The van der Waals surface area contributed by atoms with Crippen LogP contribution in [0.15, 0.2) is 18.3 Å². The molecule has 1 aromatic rings. The number of nitrogens with one attached hydrogen (secondary N) is 1. The number of nitrogens with zero attached hydrogens (tertiary/aromatic N) is 3. The van der Waals surface area contributed by atoms with Gasteiger partial charge in [-0.25, -0.2) is 0 Å². The minimum atomic E-state index is 0.0679. The molecule has 2 fully saturated rings. The average molecular weight is 323 g/mol. The van der Waals surface area contributed by atoms with Gasteiger partial charge < -0.3 is 5.32 Å². The van der Waals surface area contributed by atoms with Crippen LogP contribution in [0.5, 0.6) is 0 Å². The van der Waals surface area contributed by atoms with Gasteiger partial charge in [0.1, 0.15) is 0 Å². The maximum Gasteiger partial charge on any atom is 0.237 e. The molecule has 6 heteroatoms. The molecule has 120 valence electrons. The van der Waals surface area contributed by atoms with Crippen molar-refractivity contribution >= 4 is 17.5 Å². The molecule has 0 aromatic carbocycles. The first kappa shape index (κ1) is 15.7. The number of rotatable bonds is 3. The topological polar surface area (TPSA) is 48.5 Å². The van der Waals surface area contributed by atoms with Gasteiger partial charge in [-0.2, -0.15) is 0 Å². The van der Waals surface area contributed by atoms with Crippen LogP contribution in [0.4, 0.5) is 0 Å². The van der Waals surface area contributed by atoms with Crippen LogP contribution < -0.4 is 5.32 Å². The fraction of sp³-hybridized carbons (Fsp3) is 0.625. The van der Waals surface area contributed by atoms with Crippen molar-refractivity contribution in [2.45, 2.75) is 31.8 Å². The second-order valence-electron chi connectivity index (χ2n) is 6.08. The largest absolute Gasteiger partial charge is 0.355 e. The van der Waals surface area contributed by atoms with Crippen LogP contribution in [0.2, 0.25) is 5.02 Å². The Bertz CT molecular complexity index is 499. The Morgan fingerprint density at radius 2 is 2.05 bits per heavy atom. The summed E-state index contributed by atoms with van der Waals surface area (Å²) in [6.45, 7) is 5.54. The third-order valence-electron chi connectivity index (χ3n) is 4.53. The summed E-state index contributed by atoms with van der Waals surface area (Å²) < 4.78 is 0. The summed E-state index contributed by atoms with van der Waals surface area (Å²) in [7, 11) is 0. The van der Waals surface area contributed by atoms with Gasteiger partial charge in [0.25, 0.3) is 0 Å². The van der Waals surface area contributed by atoms with Crippen molar-refractivity contribution in [3.05, 3.63) is 29.0 Å². The van der Waals surface area contributed by atoms with Crippen molar-refractivity contribution in [1.29, 1.82) is 0 Å². The zero-order valence-corrected chi connectivity index (χ0v) is 13.6. The number of amides is 1. The number of pyridine rings is 1. The quantitative estimate of drug-likeness (QED) is 0.916. The number of carbonyl (C=O) groups excluding carboxylic acids is 1. The first-order chi connectivity index (χ1) is 10.7. The molecule has 22 heavy (non-hydrogen) atoms. The summed E-state index contributed by atoms with van der Waals surface area (Å²) in [5.74, 6) is 0.213. The summed E-state index contributed by atoms with van der Waals surface area (Å²) in [5.41, 5.74) is 1.05. The molecule has 0 saturated carbocycles. The van der Waals surface area contributed by atoms with Crippen molar-refractivity contribution in [3.63, 3.8) is 0 Å². The monoisotopic (exact) mass is 322 g/mol. The van der Waals surface area contributed by atoms with Crippen LogP contribution in [0, 0.1) is 0 Å². The predicted octanol–water partition coefficient (Wildman–Crippen LogP) is 1.52. The van der Waals surface area contributed by atoms with Gasteiger partial charge >= 0.3 is 0 Å². The molecular formula is C16H23ClN4O. The lowest BCUT2D eigenvalue weighted by molar-refractivity contribution is -0.126. The van der Waals surface area contributed by atoms with Crippen LogP contribution >= 0.6 is 11.6 Å². The molecule has 2 aliphatic heterocycles. The van der Waals surface area contributed by atoms with E-state index < -0.39 is 0 Å². The van der Waals surface area contributed by atoms with Crippen LogP contribution in [0.1, 0.15) is 25.0 Å². The smallest absolute Gasteiger partial charge is 0.237 e. The third-order valence-corrected chi connectivity index (χ3v) is 4.75. The van der Waals surface area contributed by atoms with Crippen LogP contribution in [0.25, 0.3) is 0 Å². The molecule has 1 aromatic heterocycles. The average Bonchev–Trinajstić information content (AvgIpc) is 2.75. The van der Waals surface area contributed by atoms with Gasteiger partial charge in [-0.1, -0.05) is 11.6 Å². The summed E-state index contributed by atoms with van der Waals surface area (Å²) in [6.07, 6.45) is 4.93. The Hall–Kier alpha value is -1.17. The maximum absolute atomic E-state index is 12.1. The molecule has 1 atom stereocenters. The van der Waals surface area contributed by atoms with Gasteiger partial charge in [-0.15, -0.1) is 0 Å². The van der Waals surface area contributed by atoms with E-state index in [1.54, 1.807) is 6.20 Å². The summed E-state index contributed by atoms with van der Waals surface area (Å²) >= 11 is 5.87. The van der Waals surface area contributed by atoms with E-state index in [9.17, 15) is 4.79 Å². The van der Waals surface area contributed by atoms with E-state index in [0.717, 1.165) is 64.2 Å². The zero-order valence-electron chi connectivity index (χ0n) is 12.8. The number of piperazine rings is 1. The Labute approximate surface area is 136 Å². The van der Waals surface area contributed by atoms with Crippen molar-refractivity contribution < 1.29 is 4.79 Å². The molecule has 5 nitrogen and oxygen atoms in total. The lowest BCUT2D eigenvalue weighted by Gasteiger charge is -2.38. The molecule has 2 saturated heterocycles. The van der Waals surface area contributed by atoms with E-state index in [-0.39, 0.29) is 11.9 Å². The molecule has 0 radical (unpaired) electrons. The number of aromatic nitrogens is 1. The van der Waals surface area contributed by atoms with Crippen LogP contribution in [0.3, 0.4) is 0 Å². The fourth-order valence-electron chi connectivity index (χ4n) is 3.23. The predicted molar refractivity (Wildman–Crippen MR) is 86.7 cm³/mol. The van der Waals surface area contributed by atoms with Crippen molar-refractivity contribution in [2.24, 2.45) is 0 Å². The van der Waals surface area contributed by atoms with Gasteiger partial charge in [0, 0.05) is 45.5 Å². The van der Waals surface area contributed by atoms with E-state index in [2.05, 4.69) is 20.1 Å². The highest BCUT2D eigenvalue weighted by Gasteiger charge is 2.29. The molecule has 3 rings (SSSR count). The van der Waals surface area contributed by atoms with Gasteiger partial charge in [0.2, 0.25) is 5.91 Å². The summed E-state index contributed by atoms with van der Waals surface area (Å²) in [6, 6.07) is 3.93. The second-order valence-corrected chi connectivity index (χ2v) is 6.52. The fourth-order valence-corrected chi connectivity index (χ4v) is 3.35. The van der Waals surface area contributed by atoms with Gasteiger partial charge in [0.15, 0.2) is 0 Å². The highest BCUT2D eigenvalue weighted by atomic mass is 35.5. The molecule has 0 spiro atoms. The SMILES string of the molecule is O=C1NCCCC[C@H]1N1CCN(Cc2ccc(Cl)cn2)CC1. The van der Waals surface area contributed by atoms with E-state index >= 15 is 0 Å². The number of halogens is 1. The van der Waals surface area contributed by atoms with E-state index in [0.29, 0.717) is 5.02 Å². The minimum absolute atomic E-state index is 0.0679. The maximum atomic E-state index is 12.1. The molecule has 1 amide bonds. The Kier molecular flexibility index (Phi) is 5.28. The molecular weight excluding hydrogens is 300 g/mol. The molecule has 3 heterocycles. The first-order valence-electron chi connectivity index (χ1n) is 8.07. The lowest BCUT2D eigenvalue weighted by atomic mass is 10.1. The van der Waals surface area contributed by atoms with Crippen molar-refractivity contribution in [2.75, 3.05) is 32.7 Å². The standard InChI is InChI=1S/C16H23ClN4O/c17-13-4-5-14(19-11-13)12-20-7-9-21(10-8-20)15-3-1-2-6-18-16(15)22/h4-5,11,15H,1-3,6-10,12H2,(H,18,22)/t15-/m1/s1. The van der Waals surface area contributed by atoms with Gasteiger partial charge in [-0.3, -0.25) is 19.6 Å². The number of hydrogen-bond acceptors (Lipinski definition) is 4. The van der Waals surface area contributed by atoms with Crippen LogP contribution in [-0.2, 0) is 11.3 Å². The second kappa shape index (κ2) is 7.40. The zero-order chi connectivity index (χ0) is 15.4. The Balaban J connectivity index is 1.51. The van der Waals surface area contributed by atoms with Crippen molar-refractivity contribution in [1.82, 2.24) is 20.1 Å².